The second-order valence-electron chi connectivity index (χ2n) is 5.73. The van der Waals surface area contributed by atoms with Gasteiger partial charge in [-0.25, -0.2) is 14.1 Å². The standard InChI is InChI=1S/C19H16FN3O4/c1-11(21-15-6-4-3-5-14(15)20)16-17(24)22-19(26)23(18(16)25)12-7-9-13(27-2)10-8-12/h3-10,16,21H,1H2,2H3,(H,22,24,26)/t16-/m1/s1. The molecule has 1 aliphatic heterocycles. The molecule has 3 rings (SSSR count). The fourth-order valence-electron chi connectivity index (χ4n) is 2.67. The summed E-state index contributed by atoms with van der Waals surface area (Å²) in [6.07, 6.45) is 0. The first-order valence-electron chi connectivity index (χ1n) is 7.95. The molecule has 1 saturated heterocycles. The van der Waals surface area contributed by atoms with Crippen molar-refractivity contribution in [2.75, 3.05) is 17.3 Å². The molecule has 0 aliphatic carbocycles. The predicted octanol–water partition coefficient (Wildman–Crippen LogP) is 2.66. The Morgan fingerprint density at radius 1 is 1.15 bits per heavy atom. The number of rotatable bonds is 5. The van der Waals surface area contributed by atoms with Crippen LogP contribution in [-0.2, 0) is 9.59 Å². The summed E-state index contributed by atoms with van der Waals surface area (Å²) < 4.78 is 18.9. The van der Waals surface area contributed by atoms with Crippen LogP contribution in [0.25, 0.3) is 0 Å². The van der Waals surface area contributed by atoms with Gasteiger partial charge in [-0.05, 0) is 36.4 Å². The quantitative estimate of drug-likeness (QED) is 0.791. The number of halogens is 1. The molecule has 0 unspecified atom stereocenters. The fourth-order valence-corrected chi connectivity index (χ4v) is 2.67. The summed E-state index contributed by atoms with van der Waals surface area (Å²) in [4.78, 5) is 38.1. The van der Waals surface area contributed by atoms with E-state index in [1.54, 1.807) is 18.2 Å². The lowest BCUT2D eigenvalue weighted by Gasteiger charge is -2.31. The normalized spacial score (nSPS) is 16.7. The van der Waals surface area contributed by atoms with Gasteiger partial charge < -0.3 is 10.1 Å². The van der Waals surface area contributed by atoms with Gasteiger partial charge in [0.15, 0.2) is 5.92 Å². The number of imide groups is 2. The molecule has 1 aliphatic rings. The summed E-state index contributed by atoms with van der Waals surface area (Å²) in [6.45, 7) is 3.68. The van der Waals surface area contributed by atoms with E-state index in [9.17, 15) is 18.8 Å². The molecule has 4 amide bonds. The van der Waals surface area contributed by atoms with E-state index < -0.39 is 29.6 Å². The van der Waals surface area contributed by atoms with Gasteiger partial charge in [0, 0.05) is 5.70 Å². The Labute approximate surface area is 154 Å². The SMILES string of the molecule is C=C(Nc1ccccc1F)[C@@H]1C(=O)NC(=O)N(c2ccc(OC)cc2)C1=O. The van der Waals surface area contributed by atoms with Crippen LogP contribution in [0.2, 0.25) is 0 Å². The van der Waals surface area contributed by atoms with Crippen LogP contribution in [0.3, 0.4) is 0 Å². The fraction of sp³-hybridized carbons (Fsp3) is 0.105. The molecule has 1 fully saturated rings. The maximum atomic E-state index is 13.8. The van der Waals surface area contributed by atoms with E-state index in [1.165, 1.54) is 37.4 Å². The van der Waals surface area contributed by atoms with Gasteiger partial charge >= 0.3 is 6.03 Å². The summed E-state index contributed by atoms with van der Waals surface area (Å²) in [5.41, 5.74) is 0.277. The van der Waals surface area contributed by atoms with E-state index in [-0.39, 0.29) is 17.1 Å². The minimum atomic E-state index is -1.40. The molecular formula is C19H16FN3O4. The van der Waals surface area contributed by atoms with Gasteiger partial charge in [0.25, 0.3) is 5.91 Å². The molecule has 2 aromatic carbocycles. The number of anilines is 2. The number of methoxy groups -OCH3 is 1. The van der Waals surface area contributed by atoms with Crippen molar-refractivity contribution < 1.29 is 23.5 Å². The Hall–Kier alpha value is -3.68. The minimum absolute atomic E-state index is 0.0476. The Morgan fingerprint density at radius 2 is 1.81 bits per heavy atom. The lowest BCUT2D eigenvalue weighted by atomic mass is 10.0. The van der Waals surface area contributed by atoms with Crippen LogP contribution in [0, 0.1) is 11.7 Å². The number of nitrogens with zero attached hydrogens (tertiary/aromatic N) is 1. The molecule has 2 N–H and O–H groups in total. The molecule has 0 spiro atoms. The van der Waals surface area contributed by atoms with Gasteiger partial charge in [0.2, 0.25) is 5.91 Å². The number of hydrogen-bond donors (Lipinski definition) is 2. The average Bonchev–Trinajstić information content (AvgIpc) is 2.64. The third-order valence-electron chi connectivity index (χ3n) is 4.01. The molecule has 0 radical (unpaired) electrons. The van der Waals surface area contributed by atoms with E-state index in [4.69, 9.17) is 4.74 Å². The van der Waals surface area contributed by atoms with Crippen LogP contribution in [0.1, 0.15) is 0 Å². The highest BCUT2D eigenvalue weighted by molar-refractivity contribution is 6.28. The van der Waals surface area contributed by atoms with Crippen LogP contribution in [0.4, 0.5) is 20.6 Å². The van der Waals surface area contributed by atoms with Crippen LogP contribution in [0.15, 0.2) is 60.8 Å². The maximum absolute atomic E-state index is 13.8. The zero-order valence-electron chi connectivity index (χ0n) is 14.4. The Bertz CT molecular complexity index is 927. The second kappa shape index (κ2) is 7.28. The number of amides is 4. The van der Waals surface area contributed by atoms with Crippen molar-refractivity contribution in [3.63, 3.8) is 0 Å². The Kier molecular flexibility index (Phi) is 4.89. The highest BCUT2D eigenvalue weighted by Crippen LogP contribution is 2.27. The number of urea groups is 1. The molecule has 1 heterocycles. The van der Waals surface area contributed by atoms with Gasteiger partial charge in [-0.2, -0.15) is 0 Å². The summed E-state index contributed by atoms with van der Waals surface area (Å²) in [6, 6.07) is 11.1. The highest BCUT2D eigenvalue weighted by atomic mass is 19.1. The van der Waals surface area contributed by atoms with Gasteiger partial charge in [0.1, 0.15) is 11.6 Å². The van der Waals surface area contributed by atoms with Crippen molar-refractivity contribution in [1.29, 1.82) is 0 Å². The molecule has 8 heteroatoms. The third-order valence-corrected chi connectivity index (χ3v) is 4.01. The van der Waals surface area contributed by atoms with Crippen molar-refractivity contribution in [2.24, 2.45) is 5.92 Å². The molecule has 27 heavy (non-hydrogen) atoms. The smallest absolute Gasteiger partial charge is 0.335 e. The van der Waals surface area contributed by atoms with Gasteiger partial charge in [-0.15, -0.1) is 0 Å². The molecule has 138 valence electrons. The van der Waals surface area contributed by atoms with Crippen LogP contribution in [0.5, 0.6) is 5.75 Å². The lowest BCUT2D eigenvalue weighted by Crippen LogP contribution is -2.59. The maximum Gasteiger partial charge on any atom is 0.335 e. The first kappa shape index (κ1) is 18.1. The van der Waals surface area contributed by atoms with Crippen LogP contribution < -0.4 is 20.3 Å². The number of benzene rings is 2. The zero-order valence-corrected chi connectivity index (χ0v) is 14.4. The van der Waals surface area contributed by atoms with Crippen molar-refractivity contribution in [1.82, 2.24) is 5.32 Å². The van der Waals surface area contributed by atoms with Gasteiger partial charge in [-0.3, -0.25) is 14.9 Å². The monoisotopic (exact) mass is 369 g/mol. The summed E-state index contributed by atoms with van der Waals surface area (Å²) >= 11 is 0. The van der Waals surface area contributed by atoms with Crippen molar-refractivity contribution in [2.45, 2.75) is 0 Å². The van der Waals surface area contributed by atoms with Crippen molar-refractivity contribution >= 4 is 29.2 Å². The summed E-state index contributed by atoms with van der Waals surface area (Å²) in [7, 11) is 1.49. The van der Waals surface area contributed by atoms with Crippen molar-refractivity contribution in [3.05, 3.63) is 66.6 Å². The Balaban J connectivity index is 1.87. The molecular weight excluding hydrogens is 353 g/mol. The summed E-state index contributed by atoms with van der Waals surface area (Å²) in [5.74, 6) is -3.04. The molecule has 0 bridgehead atoms. The van der Waals surface area contributed by atoms with Crippen LogP contribution in [-0.4, -0.2) is 25.0 Å². The number of barbiturate groups is 1. The first-order valence-corrected chi connectivity index (χ1v) is 7.95. The number of carbonyl (C=O) groups excluding carboxylic acids is 3. The van der Waals surface area contributed by atoms with E-state index >= 15 is 0 Å². The van der Waals surface area contributed by atoms with E-state index in [0.29, 0.717) is 5.75 Å². The molecule has 2 aromatic rings. The first-order chi connectivity index (χ1) is 12.9. The topological polar surface area (TPSA) is 87.7 Å². The molecule has 7 nitrogen and oxygen atoms in total. The van der Waals surface area contributed by atoms with Crippen LogP contribution >= 0.6 is 0 Å². The van der Waals surface area contributed by atoms with Crippen molar-refractivity contribution in [3.8, 4) is 5.75 Å². The molecule has 1 atom stereocenters. The number of ether oxygens (including phenoxy) is 1. The third kappa shape index (κ3) is 3.50. The number of para-hydroxylation sites is 1. The molecule has 0 saturated carbocycles. The zero-order chi connectivity index (χ0) is 19.6. The number of carbonyl (C=O) groups is 3. The number of nitrogens with one attached hydrogen (secondary N) is 2. The summed E-state index contributed by atoms with van der Waals surface area (Å²) in [5, 5.41) is 4.76. The van der Waals surface area contributed by atoms with Gasteiger partial charge in [0.05, 0.1) is 18.5 Å². The lowest BCUT2D eigenvalue weighted by molar-refractivity contribution is -0.132. The average molecular weight is 369 g/mol. The predicted molar refractivity (Wildman–Crippen MR) is 96.7 cm³/mol. The largest absolute Gasteiger partial charge is 0.497 e. The highest BCUT2D eigenvalue weighted by Gasteiger charge is 2.43. The van der Waals surface area contributed by atoms with E-state index in [0.717, 1.165) is 4.90 Å². The Morgan fingerprint density at radius 3 is 2.44 bits per heavy atom. The number of hydrogen-bond acceptors (Lipinski definition) is 5. The second-order valence-corrected chi connectivity index (χ2v) is 5.73. The van der Waals surface area contributed by atoms with Gasteiger partial charge in [-0.1, -0.05) is 18.7 Å². The van der Waals surface area contributed by atoms with E-state index in [2.05, 4.69) is 17.2 Å². The molecule has 0 aromatic heterocycles. The van der Waals surface area contributed by atoms with E-state index in [1.807, 2.05) is 0 Å². The minimum Gasteiger partial charge on any atom is -0.497 e.